The lowest BCUT2D eigenvalue weighted by molar-refractivity contribution is -0.161. The van der Waals surface area contributed by atoms with Crippen molar-refractivity contribution >= 4 is 39.5 Å². The molecular weight excluding hydrogens is 1410 g/mol. The van der Waals surface area contributed by atoms with Crippen LogP contribution in [-0.4, -0.2) is 96.7 Å². The molecule has 2 unspecified atom stereocenters. The molecule has 0 aromatic rings. The molecule has 109 heavy (non-hydrogen) atoms. The minimum atomic E-state index is -4.97. The van der Waals surface area contributed by atoms with E-state index in [2.05, 4.69) is 41.5 Å². The molecule has 648 valence electrons. The normalized spacial score (nSPS) is 13.8. The molecule has 0 aliphatic rings. The molecule has 0 aliphatic carbocycles. The van der Waals surface area contributed by atoms with Crippen LogP contribution in [0.3, 0.4) is 0 Å². The predicted octanol–water partition coefficient (Wildman–Crippen LogP) is 27.8. The zero-order chi connectivity index (χ0) is 79.9. The quantitative estimate of drug-likeness (QED) is 0.0222. The molecule has 17 nitrogen and oxygen atoms in total. The number of aliphatic hydroxyl groups is 1. The number of unbranched alkanes of at least 4 members (excludes halogenated alkanes) is 59. The van der Waals surface area contributed by atoms with Crippen LogP contribution in [0, 0.1) is 11.8 Å². The van der Waals surface area contributed by atoms with E-state index in [0.717, 1.165) is 102 Å². The van der Waals surface area contributed by atoms with Gasteiger partial charge in [0.1, 0.15) is 19.3 Å². The zero-order valence-corrected chi connectivity index (χ0v) is 73.7. The Morgan fingerprint density at radius 2 is 0.422 bits per heavy atom. The maximum Gasteiger partial charge on any atom is 0.472 e. The second-order valence-electron chi connectivity index (χ2n) is 33.3. The molecule has 0 saturated heterocycles. The molecule has 0 amide bonds. The highest BCUT2D eigenvalue weighted by Gasteiger charge is 2.31. The molecule has 0 heterocycles. The first-order valence-electron chi connectivity index (χ1n) is 46.5. The van der Waals surface area contributed by atoms with Gasteiger partial charge in [-0.25, -0.2) is 9.13 Å². The van der Waals surface area contributed by atoms with Crippen molar-refractivity contribution < 1.29 is 80.2 Å². The van der Waals surface area contributed by atoms with Gasteiger partial charge in [0, 0.05) is 25.7 Å². The second kappa shape index (κ2) is 81.2. The van der Waals surface area contributed by atoms with E-state index in [1.807, 2.05) is 0 Å². The Labute approximate surface area is 670 Å². The summed E-state index contributed by atoms with van der Waals surface area (Å²) in [6.07, 6.45) is 75.1. The monoisotopic (exact) mass is 1590 g/mol. The number of hydrogen-bond acceptors (Lipinski definition) is 15. The number of esters is 4. The van der Waals surface area contributed by atoms with Gasteiger partial charge < -0.3 is 33.8 Å². The molecule has 5 atom stereocenters. The van der Waals surface area contributed by atoms with Crippen LogP contribution in [0.5, 0.6) is 0 Å². The molecule has 0 rings (SSSR count). The largest absolute Gasteiger partial charge is 0.472 e. The smallest absolute Gasteiger partial charge is 0.462 e. The van der Waals surface area contributed by atoms with Crippen LogP contribution < -0.4 is 0 Å². The Kier molecular flexibility index (Phi) is 79.8. The zero-order valence-electron chi connectivity index (χ0n) is 71.9. The third-order valence-corrected chi connectivity index (χ3v) is 23.1. The Bertz CT molecular complexity index is 2080. The van der Waals surface area contributed by atoms with Gasteiger partial charge in [0.2, 0.25) is 0 Å². The number of aliphatic hydroxyl groups excluding tert-OH is 1. The van der Waals surface area contributed by atoms with Gasteiger partial charge in [0.25, 0.3) is 0 Å². The number of rotatable bonds is 89. The highest BCUT2D eigenvalue weighted by molar-refractivity contribution is 7.47. The summed E-state index contributed by atoms with van der Waals surface area (Å²) >= 11 is 0. The van der Waals surface area contributed by atoms with Crippen molar-refractivity contribution in [1.82, 2.24) is 0 Å². The molecule has 0 aliphatic heterocycles. The van der Waals surface area contributed by atoms with E-state index in [1.165, 1.54) is 302 Å². The van der Waals surface area contributed by atoms with Gasteiger partial charge in [-0.1, -0.05) is 433 Å². The van der Waals surface area contributed by atoms with Gasteiger partial charge in [0.15, 0.2) is 12.2 Å². The summed E-state index contributed by atoms with van der Waals surface area (Å²) in [5.41, 5.74) is 0. The molecule has 0 aromatic carbocycles. The highest BCUT2D eigenvalue weighted by atomic mass is 31.2. The number of phosphoric ester groups is 2. The first-order chi connectivity index (χ1) is 52.9. The molecule has 0 bridgehead atoms. The average molecular weight is 1590 g/mol. The van der Waals surface area contributed by atoms with Crippen LogP contribution in [0.25, 0.3) is 0 Å². The van der Waals surface area contributed by atoms with Gasteiger partial charge in [-0.05, 0) is 37.5 Å². The molecule has 0 radical (unpaired) electrons. The topological polar surface area (TPSA) is 237 Å². The first kappa shape index (κ1) is 107. The summed E-state index contributed by atoms with van der Waals surface area (Å²) < 4.78 is 69.1. The SMILES string of the molecule is CCCCCCCCCCCCCCCCCCCCCCCC(=O)O[C@H](COC(=O)CCCCCCCCCCCCCCCCCC(C)C)COP(=O)(O)OC[C@@H](O)COP(=O)(O)OC[C@@H](COC(=O)CCCCCCCCCCCC(C)C)OC(=O)CCCCCCCCCCCCCCCCCCCC. The van der Waals surface area contributed by atoms with Crippen molar-refractivity contribution in [2.24, 2.45) is 11.8 Å². The van der Waals surface area contributed by atoms with Crippen molar-refractivity contribution in [3.8, 4) is 0 Å². The van der Waals surface area contributed by atoms with E-state index in [4.69, 9.17) is 37.0 Å². The maximum atomic E-state index is 13.2. The van der Waals surface area contributed by atoms with Gasteiger partial charge in [-0.15, -0.1) is 0 Å². The van der Waals surface area contributed by atoms with Gasteiger partial charge in [-0.3, -0.25) is 37.3 Å². The number of carbonyl (C=O) groups is 4. The van der Waals surface area contributed by atoms with Crippen LogP contribution in [0.1, 0.15) is 485 Å². The third-order valence-electron chi connectivity index (χ3n) is 21.2. The summed E-state index contributed by atoms with van der Waals surface area (Å²) in [6.45, 7) is 9.71. The van der Waals surface area contributed by atoms with Crippen LogP contribution in [0.2, 0.25) is 0 Å². The van der Waals surface area contributed by atoms with Gasteiger partial charge in [0.05, 0.1) is 26.4 Å². The summed E-state index contributed by atoms with van der Waals surface area (Å²) in [6, 6.07) is 0. The van der Waals surface area contributed by atoms with E-state index in [-0.39, 0.29) is 25.7 Å². The summed E-state index contributed by atoms with van der Waals surface area (Å²) in [7, 11) is -9.93. The van der Waals surface area contributed by atoms with E-state index >= 15 is 0 Å². The second-order valence-corrected chi connectivity index (χ2v) is 36.2. The van der Waals surface area contributed by atoms with Gasteiger partial charge in [-0.2, -0.15) is 0 Å². The standard InChI is InChI=1S/C90H176O17P2/c1-7-9-11-13-15-17-19-21-23-25-27-28-29-31-35-40-44-50-57-63-69-74-89(94)106-85(78-100-87(92)72-66-60-54-48-42-38-36-32-33-37-41-46-52-58-64-70-82(3)4)80-104-108(96,97)102-76-84(91)77-103-109(98,99)105-81-86(79-101-88(93)73-67-61-55-51-45-47-53-59-65-71-83(5)6)107-90(95)75-68-62-56-49-43-39-34-30-26-24-22-20-18-16-14-12-10-8-2/h82-86,91H,7-81H2,1-6H3,(H,96,97)(H,98,99)/t84-,85-,86-/m1/s1. The Hall–Kier alpha value is -1.94. The fourth-order valence-electron chi connectivity index (χ4n) is 14.1. The van der Waals surface area contributed by atoms with Crippen molar-refractivity contribution in [1.29, 1.82) is 0 Å². The molecule has 0 aromatic heterocycles. The average Bonchev–Trinajstić information content (AvgIpc) is 0.905. The number of phosphoric acid groups is 2. The van der Waals surface area contributed by atoms with Gasteiger partial charge >= 0.3 is 39.5 Å². The van der Waals surface area contributed by atoms with Crippen LogP contribution in [-0.2, 0) is 65.4 Å². The fraction of sp³-hybridized carbons (Fsp3) is 0.956. The fourth-order valence-corrected chi connectivity index (χ4v) is 15.7. The molecule has 0 saturated carbocycles. The predicted molar refractivity (Wildman–Crippen MR) is 451 cm³/mol. The summed E-state index contributed by atoms with van der Waals surface area (Å²) in [5, 5.41) is 10.7. The lowest BCUT2D eigenvalue weighted by atomic mass is 10.0. The summed E-state index contributed by atoms with van der Waals surface area (Å²) in [4.78, 5) is 73.4. The van der Waals surface area contributed by atoms with Crippen LogP contribution in [0.4, 0.5) is 0 Å². The number of ether oxygens (including phenoxy) is 4. The van der Waals surface area contributed by atoms with E-state index in [9.17, 15) is 43.2 Å². The summed E-state index contributed by atoms with van der Waals surface area (Å²) in [5.74, 6) is -0.547. The number of hydrogen-bond donors (Lipinski definition) is 3. The number of carbonyl (C=O) groups excluding carboxylic acids is 4. The van der Waals surface area contributed by atoms with Crippen molar-refractivity contribution in [2.75, 3.05) is 39.6 Å². The maximum absolute atomic E-state index is 13.2. The first-order valence-corrected chi connectivity index (χ1v) is 49.5. The van der Waals surface area contributed by atoms with Crippen molar-refractivity contribution in [3.05, 3.63) is 0 Å². The Balaban J connectivity index is 5.25. The minimum Gasteiger partial charge on any atom is -0.462 e. The third kappa shape index (κ3) is 83.8. The van der Waals surface area contributed by atoms with Crippen molar-refractivity contribution in [2.45, 2.75) is 503 Å². The Morgan fingerprint density at radius 1 is 0.248 bits per heavy atom. The Morgan fingerprint density at radius 3 is 0.624 bits per heavy atom. The van der Waals surface area contributed by atoms with E-state index < -0.39 is 97.5 Å². The van der Waals surface area contributed by atoms with Crippen LogP contribution >= 0.6 is 15.6 Å². The molecule has 19 heteroatoms. The minimum absolute atomic E-state index is 0.109. The molecule has 0 fully saturated rings. The molecule has 3 N–H and O–H groups in total. The molecular formula is C90H176O17P2. The van der Waals surface area contributed by atoms with E-state index in [1.54, 1.807) is 0 Å². The molecule has 0 spiro atoms. The van der Waals surface area contributed by atoms with Crippen molar-refractivity contribution in [3.63, 3.8) is 0 Å². The lowest BCUT2D eigenvalue weighted by Gasteiger charge is -2.21. The van der Waals surface area contributed by atoms with E-state index in [0.29, 0.717) is 25.7 Å². The highest BCUT2D eigenvalue weighted by Crippen LogP contribution is 2.45. The lowest BCUT2D eigenvalue weighted by Crippen LogP contribution is -2.30. The van der Waals surface area contributed by atoms with Crippen LogP contribution in [0.15, 0.2) is 0 Å².